The number of aromatic amines is 1. The van der Waals surface area contributed by atoms with Gasteiger partial charge >= 0.3 is 0 Å². The van der Waals surface area contributed by atoms with Gasteiger partial charge in [0.05, 0.1) is 17.7 Å². The minimum Gasteiger partial charge on any atom is -0.348 e. The molecule has 3 aromatic rings. The van der Waals surface area contributed by atoms with Crippen LogP contribution in [0.15, 0.2) is 30.7 Å². The Morgan fingerprint density at radius 1 is 1.38 bits per heavy atom. The third-order valence-corrected chi connectivity index (χ3v) is 5.28. The Kier molecular flexibility index (Phi) is 3.75. The number of nitrogens with one attached hydrogen (secondary N) is 1. The van der Waals surface area contributed by atoms with Crippen LogP contribution in [0.25, 0.3) is 5.52 Å². The molecule has 24 heavy (non-hydrogen) atoms. The van der Waals surface area contributed by atoms with Gasteiger partial charge in [0.2, 0.25) is 0 Å². The van der Waals surface area contributed by atoms with Crippen LogP contribution >= 0.6 is 0 Å². The second-order valence-electron chi connectivity index (χ2n) is 6.79. The molecule has 124 valence electrons. The lowest BCUT2D eigenvalue weighted by molar-refractivity contribution is 0.0894. The largest absolute Gasteiger partial charge is 0.348 e. The fourth-order valence-electron chi connectivity index (χ4n) is 4.06. The topological polar surface area (TPSA) is 50.2 Å². The summed E-state index contributed by atoms with van der Waals surface area (Å²) in [5, 5.41) is 0. The summed E-state index contributed by atoms with van der Waals surface area (Å²) in [6.07, 6.45) is 8.54. The standard InChI is InChI=1S/C20H23N3O/c1-3-6-15-16-9-8-14(11-17-13(2)21-12-22-17)20(24)19(16)23-10-5-4-7-18(15)23/h4-5,7,10,12,14H,3,6,8-9,11H2,1-2H3,(H,21,22). The molecule has 0 saturated carbocycles. The van der Waals surface area contributed by atoms with Crippen molar-refractivity contribution < 1.29 is 4.79 Å². The van der Waals surface area contributed by atoms with E-state index in [1.807, 2.05) is 19.2 Å². The van der Waals surface area contributed by atoms with E-state index in [-0.39, 0.29) is 11.7 Å². The molecule has 3 heterocycles. The van der Waals surface area contributed by atoms with Gasteiger partial charge in [0.25, 0.3) is 0 Å². The number of hydrogen-bond acceptors (Lipinski definition) is 2. The number of H-pyrrole nitrogens is 1. The smallest absolute Gasteiger partial charge is 0.183 e. The number of pyridine rings is 1. The van der Waals surface area contributed by atoms with E-state index in [2.05, 4.69) is 33.4 Å². The van der Waals surface area contributed by atoms with Gasteiger partial charge in [-0.1, -0.05) is 19.4 Å². The Balaban J connectivity index is 1.77. The highest BCUT2D eigenvalue weighted by molar-refractivity contribution is 6.01. The van der Waals surface area contributed by atoms with Crippen molar-refractivity contribution in [2.24, 2.45) is 5.92 Å². The van der Waals surface area contributed by atoms with Crippen molar-refractivity contribution in [3.8, 4) is 0 Å². The molecule has 4 heteroatoms. The molecular formula is C20H23N3O. The van der Waals surface area contributed by atoms with Crippen molar-refractivity contribution in [1.29, 1.82) is 0 Å². The monoisotopic (exact) mass is 321 g/mol. The molecule has 0 aromatic carbocycles. The number of hydrogen-bond donors (Lipinski definition) is 1. The second-order valence-corrected chi connectivity index (χ2v) is 6.79. The molecule has 4 nitrogen and oxygen atoms in total. The van der Waals surface area contributed by atoms with Gasteiger partial charge in [0.1, 0.15) is 0 Å². The minimum atomic E-state index is 0.0345. The minimum absolute atomic E-state index is 0.0345. The summed E-state index contributed by atoms with van der Waals surface area (Å²) < 4.78 is 2.12. The van der Waals surface area contributed by atoms with E-state index >= 15 is 0 Å². The van der Waals surface area contributed by atoms with E-state index in [1.54, 1.807) is 6.33 Å². The lowest BCUT2D eigenvalue weighted by Crippen LogP contribution is -2.26. The maximum Gasteiger partial charge on any atom is 0.183 e. The van der Waals surface area contributed by atoms with Crippen molar-refractivity contribution in [2.75, 3.05) is 0 Å². The lowest BCUT2D eigenvalue weighted by Gasteiger charge is -2.22. The van der Waals surface area contributed by atoms with Crippen molar-refractivity contribution in [1.82, 2.24) is 14.4 Å². The van der Waals surface area contributed by atoms with Crippen LogP contribution in [0.5, 0.6) is 0 Å². The molecule has 0 spiro atoms. The zero-order valence-electron chi connectivity index (χ0n) is 14.3. The molecule has 4 rings (SSSR count). The zero-order valence-corrected chi connectivity index (χ0v) is 14.3. The molecule has 0 bridgehead atoms. The summed E-state index contributed by atoms with van der Waals surface area (Å²) in [7, 11) is 0. The molecule has 0 radical (unpaired) electrons. The molecule has 0 saturated heterocycles. The van der Waals surface area contributed by atoms with E-state index in [4.69, 9.17) is 0 Å². The molecule has 1 atom stereocenters. The molecule has 0 amide bonds. The Hall–Kier alpha value is -2.36. The number of aromatic nitrogens is 3. The Labute approximate surface area is 141 Å². The van der Waals surface area contributed by atoms with Crippen molar-refractivity contribution >= 4 is 11.3 Å². The molecule has 1 unspecified atom stereocenters. The Morgan fingerprint density at radius 2 is 2.25 bits per heavy atom. The van der Waals surface area contributed by atoms with Crippen LogP contribution in [0.2, 0.25) is 0 Å². The van der Waals surface area contributed by atoms with E-state index in [9.17, 15) is 4.79 Å². The third-order valence-electron chi connectivity index (χ3n) is 5.28. The van der Waals surface area contributed by atoms with E-state index < -0.39 is 0 Å². The lowest BCUT2D eigenvalue weighted by atomic mass is 9.82. The van der Waals surface area contributed by atoms with Gasteiger partial charge in [-0.05, 0) is 49.4 Å². The predicted octanol–water partition coefficient (Wildman–Crippen LogP) is 3.91. The maximum absolute atomic E-state index is 13.2. The highest BCUT2D eigenvalue weighted by atomic mass is 16.1. The number of carbonyl (C=O) groups is 1. The van der Waals surface area contributed by atoms with E-state index in [0.29, 0.717) is 0 Å². The van der Waals surface area contributed by atoms with Crippen molar-refractivity contribution in [3.05, 3.63) is 58.9 Å². The first-order valence-corrected chi connectivity index (χ1v) is 8.84. The van der Waals surface area contributed by atoms with Crippen LogP contribution < -0.4 is 0 Å². The summed E-state index contributed by atoms with van der Waals surface area (Å²) in [5.74, 6) is 0.314. The highest BCUT2D eigenvalue weighted by Gasteiger charge is 2.33. The number of fused-ring (bicyclic) bond motifs is 3. The summed E-state index contributed by atoms with van der Waals surface area (Å²) in [6, 6.07) is 6.22. The van der Waals surface area contributed by atoms with Crippen LogP contribution in [-0.2, 0) is 19.3 Å². The number of Topliss-reactive ketones (excluding diaryl/α,β-unsaturated/α-hetero) is 1. The van der Waals surface area contributed by atoms with Gasteiger partial charge in [0, 0.05) is 29.7 Å². The number of nitrogens with zero attached hydrogens (tertiary/aromatic N) is 2. The average Bonchev–Trinajstić information content (AvgIpc) is 3.13. The van der Waals surface area contributed by atoms with Crippen LogP contribution in [0.3, 0.4) is 0 Å². The summed E-state index contributed by atoms with van der Waals surface area (Å²) in [6.45, 7) is 4.22. The van der Waals surface area contributed by atoms with E-state index in [0.717, 1.165) is 49.2 Å². The SMILES string of the molecule is CCCc1c2c(n3ccccc13)C(=O)C(Cc1nc[nH]c1C)CC2. The first-order chi connectivity index (χ1) is 11.7. The van der Waals surface area contributed by atoms with Crippen molar-refractivity contribution in [2.45, 2.75) is 46.0 Å². The summed E-state index contributed by atoms with van der Waals surface area (Å²) >= 11 is 0. The number of aryl methyl sites for hydroxylation is 2. The Bertz CT molecular complexity index is 903. The van der Waals surface area contributed by atoms with Gasteiger partial charge in [-0.25, -0.2) is 4.98 Å². The first kappa shape index (κ1) is 15.2. The van der Waals surface area contributed by atoms with Gasteiger partial charge < -0.3 is 9.38 Å². The Morgan fingerprint density at radius 3 is 3.00 bits per heavy atom. The van der Waals surface area contributed by atoms with Crippen molar-refractivity contribution in [3.63, 3.8) is 0 Å². The molecule has 0 aliphatic heterocycles. The first-order valence-electron chi connectivity index (χ1n) is 8.84. The van der Waals surface area contributed by atoms with Crippen LogP contribution in [0.1, 0.15) is 52.8 Å². The molecule has 3 aromatic heterocycles. The number of ketones is 1. The molecular weight excluding hydrogens is 298 g/mol. The normalized spacial score (nSPS) is 17.4. The van der Waals surface area contributed by atoms with Crippen LogP contribution in [-0.4, -0.2) is 20.2 Å². The van der Waals surface area contributed by atoms with E-state index in [1.165, 1.54) is 16.6 Å². The molecule has 1 aliphatic carbocycles. The van der Waals surface area contributed by atoms with Gasteiger partial charge in [-0.2, -0.15) is 0 Å². The zero-order chi connectivity index (χ0) is 16.7. The summed E-state index contributed by atoms with van der Waals surface area (Å²) in [4.78, 5) is 20.7. The van der Waals surface area contributed by atoms with Gasteiger partial charge in [0.15, 0.2) is 5.78 Å². The number of carbonyl (C=O) groups excluding carboxylic acids is 1. The van der Waals surface area contributed by atoms with Gasteiger partial charge in [-0.15, -0.1) is 0 Å². The molecule has 1 N–H and O–H groups in total. The fraction of sp³-hybridized carbons (Fsp3) is 0.400. The second kappa shape index (κ2) is 5.93. The highest BCUT2D eigenvalue weighted by Crippen LogP contribution is 2.34. The quantitative estimate of drug-likeness (QED) is 0.792. The van der Waals surface area contributed by atoms with Gasteiger partial charge in [-0.3, -0.25) is 4.79 Å². The maximum atomic E-state index is 13.2. The average molecular weight is 321 g/mol. The van der Waals surface area contributed by atoms with Crippen LogP contribution in [0.4, 0.5) is 0 Å². The van der Waals surface area contributed by atoms with Crippen LogP contribution in [0, 0.1) is 12.8 Å². The number of rotatable bonds is 4. The third kappa shape index (κ3) is 2.29. The molecule has 0 fully saturated rings. The molecule has 1 aliphatic rings. The summed E-state index contributed by atoms with van der Waals surface area (Å²) in [5.41, 5.74) is 6.86. The fourth-order valence-corrected chi connectivity index (χ4v) is 4.06. The number of imidazole rings is 1. The predicted molar refractivity (Wildman–Crippen MR) is 94.6 cm³/mol.